The molecule has 0 radical (unpaired) electrons. The van der Waals surface area contributed by atoms with Crippen molar-refractivity contribution in [3.8, 4) is 0 Å². The number of hydrogen-bond donors (Lipinski definition) is 1. The van der Waals surface area contributed by atoms with Crippen LogP contribution in [-0.2, 0) is 11.2 Å². The minimum atomic E-state index is -0.236. The van der Waals surface area contributed by atoms with Crippen molar-refractivity contribution in [3.63, 3.8) is 0 Å². The zero-order valence-electron chi connectivity index (χ0n) is 9.92. The molecule has 1 amide bonds. The molecule has 0 spiro atoms. The molecule has 4 heteroatoms. The maximum Gasteiger partial charge on any atom is 0.220 e. The Morgan fingerprint density at radius 1 is 1.62 bits per heavy atom. The highest BCUT2D eigenvalue weighted by atomic mass is 79.9. The lowest BCUT2D eigenvalue weighted by atomic mass is 10.0. The predicted molar refractivity (Wildman–Crippen MR) is 67.6 cm³/mol. The highest BCUT2D eigenvalue weighted by molar-refractivity contribution is 9.09. The van der Waals surface area contributed by atoms with Gasteiger partial charge in [-0.15, -0.1) is 0 Å². The Morgan fingerprint density at radius 2 is 2.31 bits per heavy atom. The molecule has 90 valence electrons. The lowest BCUT2D eigenvalue weighted by Crippen LogP contribution is -2.48. The quantitative estimate of drug-likeness (QED) is 0.846. The summed E-state index contributed by atoms with van der Waals surface area (Å²) in [6, 6.07) is 3.71. The third-order valence-corrected chi connectivity index (χ3v) is 3.78. The van der Waals surface area contributed by atoms with Crippen LogP contribution < -0.4 is 5.32 Å². The van der Waals surface area contributed by atoms with Crippen molar-refractivity contribution >= 4 is 21.8 Å². The van der Waals surface area contributed by atoms with E-state index in [4.69, 9.17) is 4.42 Å². The van der Waals surface area contributed by atoms with E-state index in [0.717, 1.165) is 5.76 Å². The molecule has 0 aliphatic carbocycles. The minimum Gasteiger partial charge on any atom is -0.469 e. The van der Waals surface area contributed by atoms with Crippen LogP contribution in [0.5, 0.6) is 0 Å². The lowest BCUT2D eigenvalue weighted by molar-refractivity contribution is -0.122. The molecule has 1 aromatic heterocycles. The molecule has 0 aliphatic rings. The fourth-order valence-electron chi connectivity index (χ4n) is 1.21. The first-order valence-corrected chi connectivity index (χ1v) is 6.31. The molecule has 0 aromatic carbocycles. The summed E-state index contributed by atoms with van der Waals surface area (Å²) in [6.07, 6.45) is 2.72. The van der Waals surface area contributed by atoms with Crippen LogP contribution in [0.4, 0.5) is 0 Å². The second kappa shape index (κ2) is 5.53. The number of carbonyl (C=O) groups excluding carboxylic acids is 1. The van der Waals surface area contributed by atoms with Gasteiger partial charge in [0.1, 0.15) is 5.76 Å². The van der Waals surface area contributed by atoms with E-state index >= 15 is 0 Å². The first-order valence-electron chi connectivity index (χ1n) is 5.39. The molecule has 1 atom stereocenters. The first-order chi connectivity index (χ1) is 7.42. The number of hydrogen-bond acceptors (Lipinski definition) is 2. The van der Waals surface area contributed by atoms with E-state index in [2.05, 4.69) is 21.2 Å². The van der Waals surface area contributed by atoms with Crippen LogP contribution in [0.25, 0.3) is 0 Å². The Bertz CT molecular complexity index is 331. The molecule has 0 aliphatic heterocycles. The average Bonchev–Trinajstić information content (AvgIpc) is 2.66. The summed E-state index contributed by atoms with van der Waals surface area (Å²) in [4.78, 5) is 11.9. The van der Waals surface area contributed by atoms with Crippen LogP contribution in [0.15, 0.2) is 22.8 Å². The van der Waals surface area contributed by atoms with Crippen molar-refractivity contribution < 1.29 is 9.21 Å². The highest BCUT2D eigenvalue weighted by Crippen LogP contribution is 2.16. The third kappa shape index (κ3) is 4.00. The van der Waals surface area contributed by atoms with Crippen LogP contribution in [0.3, 0.4) is 0 Å². The maximum atomic E-state index is 11.7. The largest absolute Gasteiger partial charge is 0.469 e. The van der Waals surface area contributed by atoms with E-state index in [-0.39, 0.29) is 16.3 Å². The van der Waals surface area contributed by atoms with Gasteiger partial charge >= 0.3 is 0 Å². The average molecular weight is 288 g/mol. The molecule has 0 saturated heterocycles. The number of aryl methyl sites for hydroxylation is 1. The van der Waals surface area contributed by atoms with E-state index in [1.54, 1.807) is 6.26 Å². The molecule has 0 bridgehead atoms. The van der Waals surface area contributed by atoms with Crippen LogP contribution in [-0.4, -0.2) is 16.3 Å². The Labute approximate surface area is 105 Å². The summed E-state index contributed by atoms with van der Waals surface area (Å²) >= 11 is 3.48. The van der Waals surface area contributed by atoms with Crippen molar-refractivity contribution in [2.75, 3.05) is 0 Å². The van der Waals surface area contributed by atoms with Gasteiger partial charge in [0.05, 0.1) is 6.26 Å². The van der Waals surface area contributed by atoms with Crippen molar-refractivity contribution in [1.82, 2.24) is 5.32 Å². The van der Waals surface area contributed by atoms with Gasteiger partial charge in [-0.05, 0) is 26.0 Å². The van der Waals surface area contributed by atoms with Gasteiger partial charge in [0.2, 0.25) is 5.91 Å². The fraction of sp³-hybridized carbons (Fsp3) is 0.583. The summed E-state index contributed by atoms with van der Waals surface area (Å²) < 4.78 is 5.17. The standard InChI is InChI=1S/C12H18BrNO2/c1-9(13)12(2,3)14-11(15)7-6-10-5-4-8-16-10/h4-5,8-9H,6-7H2,1-3H3,(H,14,15). The summed E-state index contributed by atoms with van der Waals surface area (Å²) in [6.45, 7) is 6.02. The molecule has 1 heterocycles. The van der Waals surface area contributed by atoms with Crippen LogP contribution in [0, 0.1) is 0 Å². The van der Waals surface area contributed by atoms with Gasteiger partial charge in [0.15, 0.2) is 0 Å². The number of nitrogens with one attached hydrogen (secondary N) is 1. The third-order valence-electron chi connectivity index (χ3n) is 2.63. The summed E-state index contributed by atoms with van der Waals surface area (Å²) in [5, 5.41) is 2.99. The van der Waals surface area contributed by atoms with Gasteiger partial charge in [0.25, 0.3) is 0 Å². The number of halogens is 1. The van der Waals surface area contributed by atoms with Crippen molar-refractivity contribution in [2.24, 2.45) is 0 Å². The Morgan fingerprint density at radius 3 is 2.81 bits per heavy atom. The molecule has 1 N–H and O–H groups in total. The summed E-state index contributed by atoms with van der Waals surface area (Å²) in [5.41, 5.74) is -0.236. The normalized spacial score (nSPS) is 13.5. The summed E-state index contributed by atoms with van der Waals surface area (Å²) in [7, 11) is 0. The van der Waals surface area contributed by atoms with Gasteiger partial charge < -0.3 is 9.73 Å². The zero-order chi connectivity index (χ0) is 12.2. The minimum absolute atomic E-state index is 0.0488. The summed E-state index contributed by atoms with van der Waals surface area (Å²) in [5.74, 6) is 0.896. The van der Waals surface area contributed by atoms with Crippen LogP contribution in [0.2, 0.25) is 0 Å². The SMILES string of the molecule is CC(Br)C(C)(C)NC(=O)CCc1ccco1. The molecule has 16 heavy (non-hydrogen) atoms. The molecule has 0 saturated carbocycles. The molecular formula is C12H18BrNO2. The number of amides is 1. The second-order valence-electron chi connectivity index (χ2n) is 4.47. The highest BCUT2D eigenvalue weighted by Gasteiger charge is 2.25. The van der Waals surface area contributed by atoms with Gasteiger partial charge in [-0.3, -0.25) is 4.79 Å². The van der Waals surface area contributed by atoms with E-state index in [1.807, 2.05) is 32.9 Å². The number of rotatable bonds is 5. The second-order valence-corrected chi connectivity index (χ2v) is 5.84. The zero-order valence-corrected chi connectivity index (χ0v) is 11.5. The number of alkyl halides is 1. The maximum absolute atomic E-state index is 11.7. The number of carbonyl (C=O) groups is 1. The molecule has 1 unspecified atom stereocenters. The van der Waals surface area contributed by atoms with Gasteiger partial charge in [0, 0.05) is 23.2 Å². The van der Waals surface area contributed by atoms with Crippen molar-refractivity contribution in [2.45, 2.75) is 44.0 Å². The molecule has 1 aromatic rings. The number of furan rings is 1. The molecule has 1 rings (SSSR count). The van der Waals surface area contributed by atoms with Gasteiger partial charge in [-0.25, -0.2) is 0 Å². The monoisotopic (exact) mass is 287 g/mol. The Balaban J connectivity index is 2.36. The van der Waals surface area contributed by atoms with Crippen molar-refractivity contribution in [3.05, 3.63) is 24.2 Å². The van der Waals surface area contributed by atoms with Crippen LogP contribution >= 0.6 is 15.9 Å². The Hall–Kier alpha value is -0.770. The van der Waals surface area contributed by atoms with Crippen LogP contribution in [0.1, 0.15) is 33.0 Å². The predicted octanol–water partition coefficient (Wildman–Crippen LogP) is 2.89. The molecular weight excluding hydrogens is 270 g/mol. The lowest BCUT2D eigenvalue weighted by Gasteiger charge is -2.29. The smallest absolute Gasteiger partial charge is 0.220 e. The topological polar surface area (TPSA) is 42.2 Å². The van der Waals surface area contributed by atoms with Gasteiger partial charge in [-0.2, -0.15) is 0 Å². The first kappa shape index (κ1) is 13.3. The van der Waals surface area contributed by atoms with E-state index in [9.17, 15) is 4.79 Å². The van der Waals surface area contributed by atoms with E-state index < -0.39 is 0 Å². The fourth-order valence-corrected chi connectivity index (χ4v) is 1.33. The molecule has 0 fully saturated rings. The van der Waals surface area contributed by atoms with Gasteiger partial charge in [-0.1, -0.05) is 22.9 Å². The Kier molecular flexibility index (Phi) is 4.59. The van der Waals surface area contributed by atoms with Crippen molar-refractivity contribution in [1.29, 1.82) is 0 Å². The van der Waals surface area contributed by atoms with E-state index in [0.29, 0.717) is 12.8 Å². The van der Waals surface area contributed by atoms with E-state index in [1.165, 1.54) is 0 Å². The molecule has 3 nitrogen and oxygen atoms in total.